The fourth-order valence-corrected chi connectivity index (χ4v) is 2.22. The second-order valence-electron chi connectivity index (χ2n) is 5.04. The molecule has 0 saturated carbocycles. The van der Waals surface area contributed by atoms with E-state index in [0.29, 0.717) is 12.0 Å². The Labute approximate surface area is 142 Å². The predicted molar refractivity (Wildman–Crippen MR) is 87.9 cm³/mol. The van der Waals surface area contributed by atoms with E-state index in [-0.39, 0.29) is 19.6 Å². The molecule has 0 aromatic rings. The van der Waals surface area contributed by atoms with E-state index in [4.69, 9.17) is 14.2 Å². The first kappa shape index (κ1) is 19.7. The third kappa shape index (κ3) is 4.57. The largest absolute Gasteiger partial charge is 0.465 e. The highest BCUT2D eigenvalue weighted by Crippen LogP contribution is 2.34. The van der Waals surface area contributed by atoms with Crippen LogP contribution in [0.4, 0.5) is 0 Å². The first-order valence-corrected chi connectivity index (χ1v) is 8.06. The Morgan fingerprint density at radius 3 is 2.17 bits per heavy atom. The lowest BCUT2D eigenvalue weighted by atomic mass is 9.79. The third-order valence-electron chi connectivity index (χ3n) is 3.48. The van der Waals surface area contributed by atoms with E-state index in [1.165, 1.54) is 0 Å². The molecule has 0 atom stereocenters. The molecule has 0 saturated heterocycles. The molecule has 1 aliphatic carbocycles. The molecule has 0 bridgehead atoms. The Balaban J connectivity index is 3.35. The molecular formula is C18H24O6. The van der Waals surface area contributed by atoms with Crippen LogP contribution in [0.5, 0.6) is 0 Å². The minimum Gasteiger partial charge on any atom is -0.465 e. The zero-order chi connectivity index (χ0) is 18.0. The quantitative estimate of drug-likeness (QED) is 0.385. The van der Waals surface area contributed by atoms with Gasteiger partial charge in [0.2, 0.25) is 5.41 Å². The summed E-state index contributed by atoms with van der Waals surface area (Å²) in [6.07, 6.45) is 9.44. The van der Waals surface area contributed by atoms with Crippen molar-refractivity contribution in [3.63, 3.8) is 0 Å². The van der Waals surface area contributed by atoms with E-state index in [0.717, 1.165) is 0 Å². The Morgan fingerprint density at radius 2 is 1.62 bits per heavy atom. The number of carbonyl (C=O) groups excluding carboxylic acids is 3. The molecule has 0 aromatic heterocycles. The van der Waals surface area contributed by atoms with E-state index in [9.17, 15) is 14.4 Å². The van der Waals surface area contributed by atoms with Crippen LogP contribution >= 0.6 is 0 Å². The number of allylic oxidation sites excluding steroid dienone is 5. The van der Waals surface area contributed by atoms with Gasteiger partial charge in [-0.05, 0) is 25.8 Å². The summed E-state index contributed by atoms with van der Waals surface area (Å²) in [6.45, 7) is 4.66. The van der Waals surface area contributed by atoms with Crippen LogP contribution < -0.4 is 0 Å². The Bertz CT molecular complexity index is 538. The van der Waals surface area contributed by atoms with Gasteiger partial charge in [0.05, 0.1) is 13.2 Å². The van der Waals surface area contributed by atoms with Gasteiger partial charge in [-0.3, -0.25) is 14.4 Å². The Morgan fingerprint density at radius 1 is 1.00 bits per heavy atom. The molecule has 0 heterocycles. The van der Waals surface area contributed by atoms with Gasteiger partial charge in [-0.1, -0.05) is 37.3 Å². The van der Waals surface area contributed by atoms with Crippen LogP contribution in [-0.4, -0.2) is 37.7 Å². The van der Waals surface area contributed by atoms with E-state index < -0.39 is 29.9 Å². The number of ether oxygens (including phenoxy) is 3. The zero-order valence-electron chi connectivity index (χ0n) is 14.4. The summed E-state index contributed by atoms with van der Waals surface area (Å²) in [5.41, 5.74) is -1.42. The van der Waals surface area contributed by atoms with Crippen molar-refractivity contribution in [2.24, 2.45) is 5.41 Å². The molecule has 0 amide bonds. The first-order chi connectivity index (χ1) is 11.5. The molecule has 0 aliphatic heterocycles. The molecule has 0 fully saturated rings. The molecule has 0 spiro atoms. The fraction of sp³-hybridized carbons (Fsp3) is 0.500. The molecule has 0 N–H and O–H groups in total. The monoisotopic (exact) mass is 336 g/mol. The minimum atomic E-state index is -1.82. The van der Waals surface area contributed by atoms with Crippen LogP contribution in [0.25, 0.3) is 0 Å². The Hall–Kier alpha value is -2.37. The Kier molecular flexibility index (Phi) is 7.95. The van der Waals surface area contributed by atoms with Crippen molar-refractivity contribution in [3.8, 4) is 0 Å². The van der Waals surface area contributed by atoms with Crippen molar-refractivity contribution in [1.82, 2.24) is 0 Å². The summed E-state index contributed by atoms with van der Waals surface area (Å²) < 4.78 is 15.4. The molecule has 6 heteroatoms. The molecular weight excluding hydrogens is 312 g/mol. The van der Waals surface area contributed by atoms with Gasteiger partial charge in [0, 0.05) is 6.42 Å². The van der Waals surface area contributed by atoms with Crippen molar-refractivity contribution in [2.45, 2.75) is 33.6 Å². The van der Waals surface area contributed by atoms with Gasteiger partial charge in [-0.2, -0.15) is 0 Å². The molecule has 1 rings (SSSR count). The van der Waals surface area contributed by atoms with E-state index in [1.807, 2.05) is 12.2 Å². The van der Waals surface area contributed by atoms with Crippen molar-refractivity contribution >= 4 is 17.9 Å². The number of carbonyl (C=O) groups is 3. The highest BCUT2D eigenvalue weighted by Gasteiger charge is 2.52. The van der Waals surface area contributed by atoms with Gasteiger partial charge < -0.3 is 14.2 Å². The lowest BCUT2D eigenvalue weighted by Crippen LogP contribution is -2.47. The normalized spacial score (nSPS) is 13.7. The predicted octanol–water partition coefficient (Wildman–Crippen LogP) is 2.49. The van der Waals surface area contributed by atoms with Crippen LogP contribution in [0.2, 0.25) is 0 Å². The van der Waals surface area contributed by atoms with E-state index in [1.54, 1.807) is 39.0 Å². The molecule has 0 radical (unpaired) electrons. The number of esters is 3. The highest BCUT2D eigenvalue weighted by molar-refractivity contribution is 6.04. The third-order valence-corrected chi connectivity index (χ3v) is 3.48. The summed E-state index contributed by atoms with van der Waals surface area (Å²) >= 11 is 0. The smallest absolute Gasteiger partial charge is 0.331 e. The number of hydrogen-bond acceptors (Lipinski definition) is 6. The van der Waals surface area contributed by atoms with Crippen molar-refractivity contribution < 1.29 is 28.6 Å². The minimum absolute atomic E-state index is 0.0942. The fourth-order valence-electron chi connectivity index (χ4n) is 2.22. The second kappa shape index (κ2) is 9.70. The first-order valence-electron chi connectivity index (χ1n) is 8.06. The van der Waals surface area contributed by atoms with Crippen LogP contribution in [0, 0.1) is 5.41 Å². The van der Waals surface area contributed by atoms with Crippen molar-refractivity contribution in [1.29, 1.82) is 0 Å². The standard InChI is InChI=1S/C18H24O6/c1-4-15(19)24-13-18(16(20)22-5-2,17(21)23-6-3)14-11-9-7-8-10-12-14/h7-9,11-12H,4-6,10,13H2,1-3H3. The molecule has 132 valence electrons. The van der Waals surface area contributed by atoms with E-state index >= 15 is 0 Å². The lowest BCUT2D eigenvalue weighted by Gasteiger charge is -2.29. The lowest BCUT2D eigenvalue weighted by molar-refractivity contribution is -0.174. The van der Waals surface area contributed by atoms with Crippen molar-refractivity contribution in [2.75, 3.05) is 19.8 Å². The second-order valence-corrected chi connectivity index (χ2v) is 5.04. The summed E-state index contributed by atoms with van der Waals surface area (Å²) in [6, 6.07) is 0. The average molecular weight is 336 g/mol. The van der Waals surface area contributed by atoms with Crippen molar-refractivity contribution in [3.05, 3.63) is 36.0 Å². The van der Waals surface area contributed by atoms with Crippen LogP contribution in [-0.2, 0) is 28.6 Å². The summed E-state index contributed by atoms with van der Waals surface area (Å²) in [5, 5.41) is 0. The van der Waals surface area contributed by atoms with Gasteiger partial charge in [-0.15, -0.1) is 0 Å². The SMILES string of the molecule is CCOC(=O)C(COC(=O)CC)(C(=O)OCC)C1=CCC=CC=C1. The van der Waals surface area contributed by atoms with E-state index in [2.05, 4.69) is 0 Å². The average Bonchev–Trinajstić information content (AvgIpc) is 2.85. The summed E-state index contributed by atoms with van der Waals surface area (Å²) in [7, 11) is 0. The summed E-state index contributed by atoms with van der Waals surface area (Å²) in [4.78, 5) is 37.0. The van der Waals surface area contributed by atoms with Gasteiger partial charge in [0.15, 0.2) is 0 Å². The zero-order valence-corrected chi connectivity index (χ0v) is 14.4. The van der Waals surface area contributed by atoms with Gasteiger partial charge in [0.1, 0.15) is 6.61 Å². The maximum atomic E-state index is 12.7. The van der Waals surface area contributed by atoms with Gasteiger partial charge >= 0.3 is 17.9 Å². The molecule has 0 unspecified atom stereocenters. The molecule has 24 heavy (non-hydrogen) atoms. The van der Waals surface area contributed by atoms with Crippen LogP contribution in [0.15, 0.2) is 36.0 Å². The highest BCUT2D eigenvalue weighted by atomic mass is 16.6. The maximum absolute atomic E-state index is 12.7. The number of rotatable bonds is 8. The molecule has 1 aliphatic rings. The molecule has 0 aromatic carbocycles. The van der Waals surface area contributed by atoms with Crippen LogP contribution in [0.1, 0.15) is 33.6 Å². The maximum Gasteiger partial charge on any atom is 0.331 e. The van der Waals surface area contributed by atoms with Crippen LogP contribution in [0.3, 0.4) is 0 Å². The topological polar surface area (TPSA) is 78.9 Å². The number of hydrogen-bond donors (Lipinski definition) is 0. The van der Waals surface area contributed by atoms with Gasteiger partial charge in [-0.25, -0.2) is 0 Å². The van der Waals surface area contributed by atoms with Gasteiger partial charge in [0.25, 0.3) is 0 Å². The molecule has 6 nitrogen and oxygen atoms in total. The summed E-state index contributed by atoms with van der Waals surface area (Å²) in [5.74, 6) is -2.08.